The monoisotopic (exact) mass is 174 g/mol. The largest absolute Gasteiger partial charge is 0.468 e. The van der Waals surface area contributed by atoms with Gasteiger partial charge in [0, 0.05) is 6.54 Å². The van der Waals surface area contributed by atoms with Gasteiger partial charge in [0.05, 0.1) is 13.5 Å². The number of ether oxygens (including phenoxy) is 1. The molecule has 0 fully saturated rings. The fourth-order valence-electron chi connectivity index (χ4n) is 0.704. The average Bonchev–Trinajstić information content (AvgIpc) is 2.03. The van der Waals surface area contributed by atoms with Crippen LogP contribution in [0, 0.1) is 0 Å². The summed E-state index contributed by atoms with van der Waals surface area (Å²) in [5.41, 5.74) is 5.32. The summed E-state index contributed by atoms with van der Waals surface area (Å²) in [6, 6.07) is -0.860. The fourth-order valence-corrected chi connectivity index (χ4v) is 0.704. The van der Waals surface area contributed by atoms with E-state index in [1.54, 1.807) is 6.92 Å². The maximum atomic E-state index is 10.9. The van der Waals surface area contributed by atoms with E-state index < -0.39 is 12.0 Å². The second-order valence-electron chi connectivity index (χ2n) is 2.29. The van der Waals surface area contributed by atoms with Gasteiger partial charge < -0.3 is 15.8 Å². The van der Waals surface area contributed by atoms with Gasteiger partial charge >= 0.3 is 5.97 Å². The summed E-state index contributed by atoms with van der Waals surface area (Å²) in [7, 11) is 1.24. The van der Waals surface area contributed by atoms with Crippen LogP contribution in [-0.2, 0) is 14.3 Å². The van der Waals surface area contributed by atoms with Crippen LogP contribution < -0.4 is 11.1 Å². The van der Waals surface area contributed by atoms with E-state index in [0.717, 1.165) is 0 Å². The van der Waals surface area contributed by atoms with Crippen LogP contribution in [0.2, 0.25) is 0 Å². The molecule has 0 aromatic heterocycles. The topological polar surface area (TPSA) is 81.4 Å². The molecule has 5 heteroatoms. The Bertz CT molecular complexity index is 170. The minimum atomic E-state index is -0.860. The Morgan fingerprint density at radius 3 is 2.58 bits per heavy atom. The average molecular weight is 174 g/mol. The van der Waals surface area contributed by atoms with Gasteiger partial charge in [0.25, 0.3) is 0 Å². The summed E-state index contributed by atoms with van der Waals surface area (Å²) in [4.78, 5) is 21.6. The molecule has 1 amide bonds. The molecule has 0 aliphatic rings. The van der Waals surface area contributed by atoms with Crippen LogP contribution in [0.25, 0.3) is 0 Å². The molecule has 12 heavy (non-hydrogen) atoms. The van der Waals surface area contributed by atoms with Gasteiger partial charge in [-0.25, -0.2) is 0 Å². The van der Waals surface area contributed by atoms with Gasteiger partial charge in [-0.1, -0.05) is 0 Å². The van der Waals surface area contributed by atoms with Gasteiger partial charge in [-0.15, -0.1) is 0 Å². The molecule has 0 saturated heterocycles. The van der Waals surface area contributed by atoms with E-state index >= 15 is 0 Å². The molecular formula is C7H14N2O3. The van der Waals surface area contributed by atoms with Gasteiger partial charge in [0.15, 0.2) is 0 Å². The minimum absolute atomic E-state index is 0.0273. The van der Waals surface area contributed by atoms with Gasteiger partial charge in [-0.2, -0.15) is 0 Å². The second-order valence-corrected chi connectivity index (χ2v) is 2.29. The smallest absolute Gasteiger partial charge is 0.323 e. The zero-order valence-corrected chi connectivity index (χ0v) is 7.29. The van der Waals surface area contributed by atoms with Crippen molar-refractivity contribution in [2.75, 3.05) is 13.7 Å². The molecule has 1 unspecified atom stereocenters. The number of hydrogen-bond donors (Lipinski definition) is 2. The lowest BCUT2D eigenvalue weighted by Crippen LogP contribution is -2.37. The highest BCUT2D eigenvalue weighted by molar-refractivity contribution is 5.84. The van der Waals surface area contributed by atoms with Crippen molar-refractivity contribution < 1.29 is 14.3 Å². The quantitative estimate of drug-likeness (QED) is 0.536. The van der Waals surface area contributed by atoms with Crippen LogP contribution in [0.15, 0.2) is 0 Å². The first-order chi connectivity index (χ1) is 5.61. The summed E-state index contributed by atoms with van der Waals surface area (Å²) < 4.78 is 4.35. The van der Waals surface area contributed by atoms with Crippen molar-refractivity contribution in [1.82, 2.24) is 5.32 Å². The SMILES string of the molecule is CCNC(=O)CC(N)C(=O)OC. The number of nitrogens with one attached hydrogen (secondary N) is 1. The summed E-state index contributed by atoms with van der Waals surface area (Å²) in [6.45, 7) is 2.33. The van der Waals surface area contributed by atoms with E-state index in [0.29, 0.717) is 6.54 Å². The highest BCUT2D eigenvalue weighted by Crippen LogP contribution is 1.90. The number of hydrogen-bond acceptors (Lipinski definition) is 4. The Labute approximate surface area is 71.3 Å². The Balaban J connectivity index is 3.75. The molecule has 0 aliphatic carbocycles. The van der Waals surface area contributed by atoms with Crippen molar-refractivity contribution in [3.63, 3.8) is 0 Å². The molecular weight excluding hydrogens is 160 g/mol. The van der Waals surface area contributed by atoms with Crippen LogP contribution in [0.5, 0.6) is 0 Å². The number of carbonyl (C=O) groups is 2. The summed E-state index contributed by atoms with van der Waals surface area (Å²) in [5, 5.41) is 2.53. The highest BCUT2D eigenvalue weighted by Gasteiger charge is 2.16. The zero-order valence-electron chi connectivity index (χ0n) is 7.29. The molecule has 1 atom stereocenters. The van der Waals surface area contributed by atoms with E-state index in [-0.39, 0.29) is 12.3 Å². The van der Waals surface area contributed by atoms with E-state index in [4.69, 9.17) is 5.73 Å². The first-order valence-electron chi connectivity index (χ1n) is 3.72. The Morgan fingerprint density at radius 1 is 1.58 bits per heavy atom. The number of nitrogens with two attached hydrogens (primary N) is 1. The maximum absolute atomic E-state index is 10.9. The lowest BCUT2D eigenvalue weighted by molar-refractivity contribution is -0.143. The molecule has 3 N–H and O–H groups in total. The predicted molar refractivity (Wildman–Crippen MR) is 43.3 cm³/mol. The predicted octanol–water partition coefficient (Wildman–Crippen LogP) is -0.987. The summed E-state index contributed by atoms with van der Waals surface area (Å²) in [6.07, 6.45) is -0.0273. The Morgan fingerprint density at radius 2 is 2.17 bits per heavy atom. The first-order valence-corrected chi connectivity index (χ1v) is 3.72. The Hall–Kier alpha value is -1.10. The normalized spacial score (nSPS) is 11.9. The van der Waals surface area contributed by atoms with Crippen molar-refractivity contribution >= 4 is 11.9 Å². The van der Waals surface area contributed by atoms with Crippen LogP contribution in [0.3, 0.4) is 0 Å². The van der Waals surface area contributed by atoms with Crippen molar-refractivity contribution in [1.29, 1.82) is 0 Å². The fraction of sp³-hybridized carbons (Fsp3) is 0.714. The van der Waals surface area contributed by atoms with Crippen molar-refractivity contribution in [3.8, 4) is 0 Å². The summed E-state index contributed by atoms with van der Waals surface area (Å²) >= 11 is 0. The van der Waals surface area contributed by atoms with Crippen molar-refractivity contribution in [3.05, 3.63) is 0 Å². The molecule has 0 aliphatic heterocycles. The first kappa shape index (κ1) is 10.9. The third-order valence-electron chi connectivity index (χ3n) is 1.28. The van der Waals surface area contributed by atoms with Crippen LogP contribution in [0.4, 0.5) is 0 Å². The molecule has 0 radical (unpaired) electrons. The third-order valence-corrected chi connectivity index (χ3v) is 1.28. The molecule has 0 heterocycles. The van der Waals surface area contributed by atoms with Gasteiger partial charge in [-0.3, -0.25) is 9.59 Å². The summed E-state index contributed by atoms with van der Waals surface area (Å²) in [5.74, 6) is -0.809. The van der Waals surface area contributed by atoms with Crippen molar-refractivity contribution in [2.24, 2.45) is 5.73 Å². The lowest BCUT2D eigenvalue weighted by atomic mass is 10.2. The minimum Gasteiger partial charge on any atom is -0.468 e. The number of amides is 1. The van der Waals surface area contributed by atoms with Gasteiger partial charge in [0.1, 0.15) is 6.04 Å². The number of methoxy groups -OCH3 is 1. The maximum Gasteiger partial charge on any atom is 0.323 e. The van der Waals surface area contributed by atoms with Crippen molar-refractivity contribution in [2.45, 2.75) is 19.4 Å². The van der Waals surface area contributed by atoms with E-state index in [9.17, 15) is 9.59 Å². The van der Waals surface area contributed by atoms with Gasteiger partial charge in [0.2, 0.25) is 5.91 Å². The molecule has 5 nitrogen and oxygen atoms in total. The molecule has 0 aromatic rings. The second kappa shape index (κ2) is 5.54. The molecule has 0 rings (SSSR count). The van der Waals surface area contributed by atoms with Crippen LogP contribution >= 0.6 is 0 Å². The number of rotatable bonds is 4. The Kier molecular flexibility index (Phi) is 5.03. The molecule has 0 spiro atoms. The molecule has 0 saturated carbocycles. The number of esters is 1. The van der Waals surface area contributed by atoms with E-state index in [2.05, 4.69) is 10.1 Å². The zero-order chi connectivity index (χ0) is 9.56. The van der Waals surface area contributed by atoms with Crippen LogP contribution in [0.1, 0.15) is 13.3 Å². The molecule has 0 bridgehead atoms. The van der Waals surface area contributed by atoms with Gasteiger partial charge in [-0.05, 0) is 6.92 Å². The third kappa shape index (κ3) is 3.92. The highest BCUT2D eigenvalue weighted by atomic mass is 16.5. The standard InChI is InChI=1S/C7H14N2O3/c1-3-9-6(10)4-5(8)7(11)12-2/h5H,3-4,8H2,1-2H3,(H,9,10). The molecule has 0 aromatic carbocycles. The van der Waals surface area contributed by atoms with E-state index in [1.165, 1.54) is 7.11 Å². The molecule has 70 valence electrons. The van der Waals surface area contributed by atoms with Crippen LogP contribution in [-0.4, -0.2) is 31.6 Å². The number of carbonyl (C=O) groups excluding carboxylic acids is 2. The van der Waals surface area contributed by atoms with E-state index in [1.807, 2.05) is 0 Å². The lowest BCUT2D eigenvalue weighted by Gasteiger charge is -2.07.